The molecule has 0 aromatic heterocycles. The van der Waals surface area contributed by atoms with Gasteiger partial charge >= 0.3 is 5.97 Å². The minimum Gasteiger partial charge on any atom is -0.490 e. The second-order valence-electron chi connectivity index (χ2n) is 9.70. The standard InChI is InChI=1S/C32H32N2O4.ClH/c1-22-11-9-10-16-26(22)30-29(32(36)38-18-17-37-25-14-7-4-8-15-25)23(2)33-27-20-34(21-28(35)31(27)30)19-24-12-5-3-6-13-24;/h3-16,30,33H,17-21H2,1-2H3;1H. The molecule has 2 aliphatic heterocycles. The molecule has 39 heavy (non-hydrogen) atoms. The summed E-state index contributed by atoms with van der Waals surface area (Å²) in [5, 5.41) is 3.40. The fraction of sp³-hybridized carbons (Fsp3) is 0.250. The summed E-state index contributed by atoms with van der Waals surface area (Å²) < 4.78 is 11.4. The topological polar surface area (TPSA) is 67.9 Å². The molecule has 5 rings (SSSR count). The Morgan fingerprint density at radius 1 is 0.897 bits per heavy atom. The van der Waals surface area contributed by atoms with Crippen molar-refractivity contribution in [1.82, 2.24) is 10.2 Å². The SMILES string of the molecule is CC1=C(C(=O)OCCOc2ccccc2)C(c2ccccc2C)C2=C(CN(Cc3ccccc3)CC2=O)N1.Cl. The summed E-state index contributed by atoms with van der Waals surface area (Å²) in [6.07, 6.45) is 0. The highest BCUT2D eigenvalue weighted by molar-refractivity contribution is 6.05. The third-order valence-electron chi connectivity index (χ3n) is 6.99. The lowest BCUT2D eigenvalue weighted by atomic mass is 9.76. The highest BCUT2D eigenvalue weighted by Crippen LogP contribution is 2.41. The van der Waals surface area contributed by atoms with Crippen LogP contribution < -0.4 is 10.1 Å². The molecule has 0 amide bonds. The lowest BCUT2D eigenvalue weighted by Gasteiger charge is -2.38. The molecule has 6 nitrogen and oxygen atoms in total. The van der Waals surface area contributed by atoms with Crippen molar-refractivity contribution in [1.29, 1.82) is 0 Å². The van der Waals surface area contributed by atoms with E-state index in [1.54, 1.807) is 0 Å². The minimum atomic E-state index is -0.485. The predicted molar refractivity (Wildman–Crippen MR) is 154 cm³/mol. The molecular weight excluding hydrogens is 512 g/mol. The first-order chi connectivity index (χ1) is 18.5. The van der Waals surface area contributed by atoms with E-state index >= 15 is 0 Å². The van der Waals surface area contributed by atoms with Crippen molar-refractivity contribution < 1.29 is 19.1 Å². The van der Waals surface area contributed by atoms with Gasteiger partial charge in [-0.1, -0.05) is 72.8 Å². The molecule has 0 aliphatic carbocycles. The number of allylic oxidation sites excluding steroid dienone is 1. The first-order valence-electron chi connectivity index (χ1n) is 12.9. The first kappa shape index (κ1) is 28.1. The zero-order valence-corrected chi connectivity index (χ0v) is 23.0. The van der Waals surface area contributed by atoms with Crippen molar-refractivity contribution in [3.8, 4) is 5.75 Å². The highest BCUT2D eigenvalue weighted by Gasteiger charge is 2.41. The van der Waals surface area contributed by atoms with E-state index in [1.807, 2.05) is 86.6 Å². The summed E-state index contributed by atoms with van der Waals surface area (Å²) in [5.41, 5.74) is 5.82. The normalized spacial score (nSPS) is 17.2. The first-order valence-corrected chi connectivity index (χ1v) is 12.9. The molecule has 0 radical (unpaired) electrons. The van der Waals surface area contributed by atoms with Gasteiger partial charge in [-0.05, 0) is 42.7 Å². The maximum atomic E-state index is 13.7. The average molecular weight is 545 g/mol. The molecule has 7 heteroatoms. The summed E-state index contributed by atoms with van der Waals surface area (Å²) >= 11 is 0. The molecule has 3 aromatic rings. The molecule has 1 N–H and O–H groups in total. The van der Waals surface area contributed by atoms with Gasteiger partial charge in [0.1, 0.15) is 19.0 Å². The van der Waals surface area contributed by atoms with E-state index in [1.165, 1.54) is 0 Å². The van der Waals surface area contributed by atoms with E-state index in [9.17, 15) is 9.59 Å². The quantitative estimate of drug-likeness (QED) is 0.305. The van der Waals surface area contributed by atoms with Gasteiger partial charge in [0.25, 0.3) is 0 Å². The van der Waals surface area contributed by atoms with Crippen LogP contribution in [0.3, 0.4) is 0 Å². The summed E-state index contributed by atoms with van der Waals surface area (Å²) in [6, 6.07) is 27.5. The smallest absolute Gasteiger partial charge is 0.336 e. The molecule has 0 spiro atoms. The highest BCUT2D eigenvalue weighted by atomic mass is 35.5. The van der Waals surface area contributed by atoms with Gasteiger partial charge in [-0.2, -0.15) is 0 Å². The van der Waals surface area contributed by atoms with E-state index in [2.05, 4.69) is 22.3 Å². The van der Waals surface area contributed by atoms with Crippen LogP contribution in [0.25, 0.3) is 0 Å². The van der Waals surface area contributed by atoms with Crippen LogP contribution in [0.15, 0.2) is 107 Å². The number of ether oxygens (including phenoxy) is 2. The molecule has 1 unspecified atom stereocenters. The Labute approximate surface area is 235 Å². The van der Waals surface area contributed by atoms with E-state index in [0.29, 0.717) is 36.5 Å². The maximum Gasteiger partial charge on any atom is 0.336 e. The van der Waals surface area contributed by atoms with Crippen molar-refractivity contribution in [3.63, 3.8) is 0 Å². The van der Waals surface area contributed by atoms with Crippen LogP contribution >= 0.6 is 12.4 Å². The van der Waals surface area contributed by atoms with E-state index in [0.717, 1.165) is 28.1 Å². The van der Waals surface area contributed by atoms with Crippen LogP contribution in [-0.4, -0.2) is 43.0 Å². The Morgan fingerprint density at radius 3 is 2.28 bits per heavy atom. The molecule has 0 bridgehead atoms. The average Bonchev–Trinajstić information content (AvgIpc) is 2.92. The number of nitrogens with zero attached hydrogens (tertiary/aromatic N) is 1. The largest absolute Gasteiger partial charge is 0.490 e. The monoisotopic (exact) mass is 544 g/mol. The van der Waals surface area contributed by atoms with E-state index in [-0.39, 0.29) is 31.4 Å². The fourth-order valence-corrected chi connectivity index (χ4v) is 5.25. The van der Waals surface area contributed by atoms with Crippen LogP contribution in [0.1, 0.15) is 29.5 Å². The summed E-state index contributed by atoms with van der Waals surface area (Å²) in [7, 11) is 0. The molecule has 0 fully saturated rings. The lowest BCUT2D eigenvalue weighted by molar-refractivity contribution is -0.140. The van der Waals surface area contributed by atoms with E-state index in [4.69, 9.17) is 9.47 Å². The zero-order chi connectivity index (χ0) is 26.5. The Balaban J connectivity index is 0.00000353. The number of Topliss-reactive ketones (excluding diaryl/α,β-unsaturated/α-hetero) is 1. The molecule has 202 valence electrons. The molecule has 1 atom stereocenters. The van der Waals surface area contributed by atoms with Gasteiger partial charge in [0, 0.05) is 36.0 Å². The number of nitrogens with one attached hydrogen (secondary N) is 1. The van der Waals surface area contributed by atoms with Gasteiger partial charge < -0.3 is 14.8 Å². The van der Waals surface area contributed by atoms with Crippen molar-refractivity contribution in [3.05, 3.63) is 124 Å². The Morgan fingerprint density at radius 2 is 1.56 bits per heavy atom. The van der Waals surface area contributed by atoms with Crippen molar-refractivity contribution >= 4 is 24.2 Å². The molecule has 2 aliphatic rings. The van der Waals surface area contributed by atoms with Gasteiger partial charge in [-0.3, -0.25) is 9.69 Å². The number of hydrogen-bond donors (Lipinski definition) is 1. The molecule has 0 saturated heterocycles. The van der Waals surface area contributed by atoms with Gasteiger partial charge in [0.2, 0.25) is 0 Å². The number of halogens is 1. The van der Waals surface area contributed by atoms with Crippen molar-refractivity contribution in [2.45, 2.75) is 26.3 Å². The second kappa shape index (κ2) is 12.8. The molecule has 2 heterocycles. The van der Waals surface area contributed by atoms with Crippen LogP contribution in [0.2, 0.25) is 0 Å². The Kier molecular flexibility index (Phi) is 9.23. The van der Waals surface area contributed by atoms with Gasteiger partial charge in [-0.25, -0.2) is 4.79 Å². The number of hydrogen-bond acceptors (Lipinski definition) is 6. The zero-order valence-electron chi connectivity index (χ0n) is 22.2. The second-order valence-corrected chi connectivity index (χ2v) is 9.70. The van der Waals surface area contributed by atoms with Crippen molar-refractivity contribution in [2.24, 2.45) is 0 Å². The summed E-state index contributed by atoms with van der Waals surface area (Å²) in [5.74, 6) is -0.181. The predicted octanol–water partition coefficient (Wildman–Crippen LogP) is 5.34. The number of esters is 1. The number of para-hydroxylation sites is 1. The number of benzene rings is 3. The van der Waals surface area contributed by atoms with E-state index < -0.39 is 11.9 Å². The minimum absolute atomic E-state index is 0. The van der Waals surface area contributed by atoms with Crippen molar-refractivity contribution in [2.75, 3.05) is 26.3 Å². The number of carbonyl (C=O) groups is 2. The summed E-state index contributed by atoms with van der Waals surface area (Å²) in [4.78, 5) is 29.3. The van der Waals surface area contributed by atoms with Gasteiger partial charge in [0.15, 0.2) is 5.78 Å². The fourth-order valence-electron chi connectivity index (χ4n) is 5.25. The number of rotatable bonds is 8. The number of aryl methyl sites for hydroxylation is 1. The third-order valence-corrected chi connectivity index (χ3v) is 6.99. The Bertz CT molecular complexity index is 1390. The summed E-state index contributed by atoms with van der Waals surface area (Å²) in [6.45, 7) is 5.82. The van der Waals surface area contributed by atoms with Crippen LogP contribution in [0.4, 0.5) is 0 Å². The number of ketones is 1. The maximum absolute atomic E-state index is 13.7. The molecule has 3 aromatic carbocycles. The Hall–Kier alpha value is -3.87. The van der Waals surface area contributed by atoms with Gasteiger partial charge in [-0.15, -0.1) is 12.4 Å². The third kappa shape index (κ3) is 6.41. The molecule has 0 saturated carbocycles. The van der Waals surface area contributed by atoms with Gasteiger partial charge in [0.05, 0.1) is 12.1 Å². The van der Waals surface area contributed by atoms with Crippen LogP contribution in [0, 0.1) is 6.92 Å². The van der Waals surface area contributed by atoms with Crippen LogP contribution in [0.5, 0.6) is 5.75 Å². The number of carbonyl (C=O) groups excluding carboxylic acids is 2. The number of dihydropyridines is 1. The van der Waals surface area contributed by atoms with Crippen LogP contribution in [-0.2, 0) is 20.9 Å². The lowest BCUT2D eigenvalue weighted by Crippen LogP contribution is -2.45. The molecular formula is C32H33ClN2O4.